The van der Waals surface area contributed by atoms with Crippen molar-refractivity contribution in [3.63, 3.8) is 0 Å². The van der Waals surface area contributed by atoms with Gasteiger partial charge >= 0.3 is 0 Å². The number of β-amino-alcohol motifs (C(OH)–C–C–N with tert-alkyl or cyclic N) is 1. The fourth-order valence-electron chi connectivity index (χ4n) is 3.69. The molecule has 1 aliphatic rings. The van der Waals surface area contributed by atoms with Gasteiger partial charge in [-0.3, -0.25) is 9.88 Å². The molecule has 0 amide bonds. The van der Waals surface area contributed by atoms with Gasteiger partial charge in [0.1, 0.15) is 0 Å². The van der Waals surface area contributed by atoms with E-state index in [1.165, 1.54) is 22.3 Å². The highest BCUT2D eigenvalue weighted by molar-refractivity contribution is 5.28. The fraction of sp³-hybridized carbons (Fsp3) is 0.476. The third kappa shape index (κ3) is 5.36. The van der Waals surface area contributed by atoms with Crippen molar-refractivity contribution >= 4 is 0 Å². The van der Waals surface area contributed by atoms with Crippen molar-refractivity contribution in [1.29, 1.82) is 0 Å². The lowest BCUT2D eigenvalue weighted by atomic mass is 10.0. The molecule has 0 radical (unpaired) electrons. The molecule has 4 heteroatoms. The molecular formula is C21H29N3O. The van der Waals surface area contributed by atoms with Gasteiger partial charge in [-0.25, -0.2) is 0 Å². The molecule has 0 spiro atoms. The maximum atomic E-state index is 10.5. The minimum Gasteiger partial charge on any atom is -0.390 e. The standard InChI is InChI=1S/C21H29N3O/c1-17-11-18(13-22-12-17)14-23(2)15-21(25)16-24-9-7-19-5-3-4-6-20(19)8-10-24/h3-6,11-13,21,25H,7-10,14-16H2,1-2H3. The highest BCUT2D eigenvalue weighted by Gasteiger charge is 2.17. The second-order valence-corrected chi connectivity index (χ2v) is 7.29. The number of aliphatic hydroxyl groups is 1. The van der Waals surface area contributed by atoms with Crippen molar-refractivity contribution in [2.45, 2.75) is 32.4 Å². The van der Waals surface area contributed by atoms with E-state index in [4.69, 9.17) is 0 Å². The maximum absolute atomic E-state index is 10.5. The third-order valence-corrected chi connectivity index (χ3v) is 4.89. The Morgan fingerprint density at radius 3 is 2.48 bits per heavy atom. The molecule has 0 saturated heterocycles. The van der Waals surface area contributed by atoms with E-state index in [1.54, 1.807) is 0 Å². The van der Waals surface area contributed by atoms with Gasteiger partial charge in [-0.15, -0.1) is 0 Å². The van der Waals surface area contributed by atoms with Crippen LogP contribution in [0.3, 0.4) is 0 Å². The Balaban J connectivity index is 1.47. The lowest BCUT2D eigenvalue weighted by Gasteiger charge is -2.26. The molecule has 0 aliphatic carbocycles. The van der Waals surface area contributed by atoms with Crippen LogP contribution in [0.1, 0.15) is 22.3 Å². The molecule has 1 aliphatic heterocycles. The zero-order valence-corrected chi connectivity index (χ0v) is 15.4. The third-order valence-electron chi connectivity index (χ3n) is 4.89. The number of pyridine rings is 1. The number of likely N-dealkylation sites (N-methyl/N-ethyl adjacent to an activating group) is 1. The Labute approximate surface area is 151 Å². The quantitative estimate of drug-likeness (QED) is 0.876. The molecule has 1 N–H and O–H groups in total. The van der Waals surface area contributed by atoms with Gasteiger partial charge in [0, 0.05) is 45.1 Å². The van der Waals surface area contributed by atoms with Crippen LogP contribution >= 0.6 is 0 Å². The molecule has 0 saturated carbocycles. The summed E-state index contributed by atoms with van der Waals surface area (Å²) in [5, 5.41) is 10.5. The predicted octanol–water partition coefficient (Wildman–Crippen LogP) is 2.28. The van der Waals surface area contributed by atoms with Crippen LogP contribution in [0.5, 0.6) is 0 Å². The lowest BCUT2D eigenvalue weighted by molar-refractivity contribution is 0.0814. The van der Waals surface area contributed by atoms with Crippen molar-refractivity contribution in [2.75, 3.05) is 33.2 Å². The minimum absolute atomic E-state index is 0.330. The summed E-state index contributed by atoms with van der Waals surface area (Å²) in [4.78, 5) is 8.81. The first-order valence-corrected chi connectivity index (χ1v) is 9.16. The molecular weight excluding hydrogens is 310 g/mol. The van der Waals surface area contributed by atoms with E-state index in [-0.39, 0.29) is 6.10 Å². The second-order valence-electron chi connectivity index (χ2n) is 7.29. The molecule has 2 heterocycles. The number of hydrogen-bond acceptors (Lipinski definition) is 4. The molecule has 0 bridgehead atoms. The first-order chi connectivity index (χ1) is 12.1. The van der Waals surface area contributed by atoms with Crippen molar-refractivity contribution < 1.29 is 5.11 Å². The number of aryl methyl sites for hydroxylation is 1. The van der Waals surface area contributed by atoms with Crippen LogP contribution in [-0.4, -0.2) is 59.2 Å². The van der Waals surface area contributed by atoms with Gasteiger partial charge in [0.25, 0.3) is 0 Å². The number of aromatic nitrogens is 1. The van der Waals surface area contributed by atoms with Gasteiger partial charge in [-0.05, 0) is 49.1 Å². The maximum Gasteiger partial charge on any atom is 0.0793 e. The zero-order chi connectivity index (χ0) is 17.6. The molecule has 1 atom stereocenters. The molecule has 0 fully saturated rings. The van der Waals surface area contributed by atoms with Crippen molar-refractivity contribution in [3.05, 3.63) is 65.0 Å². The van der Waals surface area contributed by atoms with Gasteiger partial charge in [0.05, 0.1) is 6.10 Å². The Hall–Kier alpha value is -1.75. The first kappa shape index (κ1) is 18.1. The summed E-state index contributed by atoms with van der Waals surface area (Å²) in [6.07, 6.45) is 5.60. The first-order valence-electron chi connectivity index (χ1n) is 9.16. The van der Waals surface area contributed by atoms with Crippen molar-refractivity contribution in [1.82, 2.24) is 14.8 Å². The number of rotatable bonds is 6. The van der Waals surface area contributed by atoms with Gasteiger partial charge in [-0.1, -0.05) is 30.3 Å². The summed E-state index contributed by atoms with van der Waals surface area (Å²) in [7, 11) is 2.06. The van der Waals surface area contributed by atoms with E-state index in [1.807, 2.05) is 12.4 Å². The topological polar surface area (TPSA) is 39.6 Å². The molecule has 1 aromatic heterocycles. The van der Waals surface area contributed by atoms with Crippen LogP contribution in [0, 0.1) is 6.92 Å². The van der Waals surface area contributed by atoms with E-state index < -0.39 is 0 Å². The van der Waals surface area contributed by atoms with E-state index in [0.29, 0.717) is 6.54 Å². The van der Waals surface area contributed by atoms with Crippen molar-refractivity contribution in [2.24, 2.45) is 0 Å². The van der Waals surface area contributed by atoms with Gasteiger partial charge in [-0.2, -0.15) is 0 Å². The number of fused-ring (bicyclic) bond motifs is 1. The number of aliphatic hydroxyl groups excluding tert-OH is 1. The molecule has 1 unspecified atom stereocenters. The average molecular weight is 339 g/mol. The number of nitrogens with zero attached hydrogens (tertiary/aromatic N) is 3. The Kier molecular flexibility index (Phi) is 6.19. The van der Waals surface area contributed by atoms with Crippen LogP contribution < -0.4 is 0 Å². The largest absolute Gasteiger partial charge is 0.390 e. The van der Waals surface area contributed by atoms with Gasteiger partial charge < -0.3 is 10.0 Å². The number of benzene rings is 1. The Bertz CT molecular complexity index is 661. The monoisotopic (exact) mass is 339 g/mol. The molecule has 4 nitrogen and oxygen atoms in total. The highest BCUT2D eigenvalue weighted by atomic mass is 16.3. The second kappa shape index (κ2) is 8.56. The van der Waals surface area contributed by atoms with E-state index in [2.05, 4.69) is 59.1 Å². The molecule has 3 rings (SSSR count). The average Bonchev–Trinajstić information content (AvgIpc) is 2.77. The van der Waals surface area contributed by atoms with Crippen molar-refractivity contribution in [3.8, 4) is 0 Å². The zero-order valence-electron chi connectivity index (χ0n) is 15.4. The summed E-state index contributed by atoms with van der Waals surface area (Å²) in [6, 6.07) is 10.9. The number of hydrogen-bond donors (Lipinski definition) is 1. The molecule has 25 heavy (non-hydrogen) atoms. The van der Waals surface area contributed by atoms with E-state index >= 15 is 0 Å². The normalized spacial score (nSPS) is 16.5. The van der Waals surface area contributed by atoms with Crippen LogP contribution in [0.2, 0.25) is 0 Å². The summed E-state index contributed by atoms with van der Waals surface area (Å²) in [5.74, 6) is 0. The summed E-state index contributed by atoms with van der Waals surface area (Å²) in [5.41, 5.74) is 5.29. The fourth-order valence-corrected chi connectivity index (χ4v) is 3.69. The summed E-state index contributed by atoms with van der Waals surface area (Å²) in [6.45, 7) is 6.35. The van der Waals surface area contributed by atoms with Gasteiger partial charge in [0.2, 0.25) is 0 Å². The Morgan fingerprint density at radius 2 is 1.84 bits per heavy atom. The van der Waals surface area contributed by atoms with E-state index in [9.17, 15) is 5.11 Å². The summed E-state index contributed by atoms with van der Waals surface area (Å²) < 4.78 is 0. The molecule has 2 aromatic rings. The predicted molar refractivity (Wildman–Crippen MR) is 102 cm³/mol. The molecule has 134 valence electrons. The summed E-state index contributed by atoms with van der Waals surface area (Å²) >= 11 is 0. The van der Waals surface area contributed by atoms with Gasteiger partial charge in [0.15, 0.2) is 0 Å². The van der Waals surface area contributed by atoms with Crippen LogP contribution in [-0.2, 0) is 19.4 Å². The van der Waals surface area contributed by atoms with Crippen LogP contribution in [0.25, 0.3) is 0 Å². The molecule has 1 aromatic carbocycles. The van der Waals surface area contributed by atoms with E-state index in [0.717, 1.165) is 39.0 Å². The van der Waals surface area contributed by atoms with Crippen LogP contribution in [0.15, 0.2) is 42.7 Å². The highest BCUT2D eigenvalue weighted by Crippen LogP contribution is 2.15. The Morgan fingerprint density at radius 1 is 1.16 bits per heavy atom. The minimum atomic E-state index is -0.330. The smallest absolute Gasteiger partial charge is 0.0793 e. The van der Waals surface area contributed by atoms with Crippen LogP contribution in [0.4, 0.5) is 0 Å². The lowest BCUT2D eigenvalue weighted by Crippen LogP contribution is -2.40. The SMILES string of the molecule is Cc1cncc(CN(C)CC(O)CN2CCc3ccccc3CC2)c1.